The molecular weight excluding hydrogens is 660 g/mol. The van der Waals surface area contributed by atoms with E-state index in [1.807, 2.05) is 0 Å². The van der Waals surface area contributed by atoms with Crippen LogP contribution in [0.2, 0.25) is 0 Å². The Bertz CT molecular complexity index is 1310. The molecule has 0 N–H and O–H groups in total. The quantitative estimate of drug-likeness (QED) is 0.175. The summed E-state index contributed by atoms with van der Waals surface area (Å²) in [6, 6.07) is 15.6. The van der Waals surface area contributed by atoms with Crippen molar-refractivity contribution >= 4 is 107 Å². The van der Waals surface area contributed by atoms with Crippen molar-refractivity contribution in [3.05, 3.63) is 76.7 Å². The highest BCUT2D eigenvalue weighted by atomic mass is 79.9. The van der Waals surface area contributed by atoms with Gasteiger partial charge < -0.3 is 0 Å². The van der Waals surface area contributed by atoms with Gasteiger partial charge in [-0.1, -0.05) is 31.9 Å². The van der Waals surface area contributed by atoms with Crippen LogP contribution in [0.15, 0.2) is 71.1 Å². The van der Waals surface area contributed by atoms with Crippen molar-refractivity contribution in [2.45, 2.75) is 6.92 Å². The summed E-state index contributed by atoms with van der Waals surface area (Å²) in [6.45, 7) is 2.15. The zero-order valence-corrected chi connectivity index (χ0v) is 23.0. The third-order valence-corrected chi connectivity index (χ3v) is 10.2. The lowest BCUT2D eigenvalue weighted by Gasteiger charge is -2.17. The molecule has 0 saturated heterocycles. The number of halogens is 4. The molecule has 5 aromatic rings. The number of fused-ring (bicyclic) bond motifs is 2. The van der Waals surface area contributed by atoms with E-state index in [-0.39, 0.29) is 0 Å². The van der Waals surface area contributed by atoms with Gasteiger partial charge in [-0.25, -0.2) is 0 Å². The Balaban J connectivity index is 1.80. The summed E-state index contributed by atoms with van der Waals surface area (Å²) in [6.07, 6.45) is 0. The maximum atomic E-state index is 3.86. The first-order valence-corrected chi connectivity index (χ1v) is 13.7. The molecule has 5 rings (SSSR count). The zero-order chi connectivity index (χ0) is 20.3. The number of rotatable bonds is 2. The average molecular weight is 672 g/mol. The largest absolute Gasteiger partial charge is 0.144 e. The minimum atomic E-state index is 1.10. The van der Waals surface area contributed by atoms with Crippen molar-refractivity contribution in [1.82, 2.24) is 0 Å². The zero-order valence-electron chi connectivity index (χ0n) is 15.0. The molecule has 0 aliphatic heterocycles. The first-order valence-electron chi connectivity index (χ1n) is 8.77. The van der Waals surface area contributed by atoms with E-state index in [0.717, 1.165) is 17.9 Å². The Kier molecular flexibility index (Phi) is 5.55. The minimum Gasteiger partial charge on any atom is -0.144 e. The van der Waals surface area contributed by atoms with E-state index in [1.54, 1.807) is 22.7 Å². The first kappa shape index (κ1) is 20.4. The Morgan fingerprint density at radius 1 is 0.586 bits per heavy atom. The van der Waals surface area contributed by atoms with Gasteiger partial charge in [-0.15, -0.1) is 22.7 Å². The second-order valence-electron chi connectivity index (χ2n) is 6.81. The molecule has 0 fully saturated rings. The van der Waals surface area contributed by atoms with Crippen molar-refractivity contribution in [2.75, 3.05) is 0 Å². The molecule has 3 aromatic carbocycles. The maximum Gasteiger partial charge on any atom is 0.0349 e. The number of hydrogen-bond donors (Lipinski definition) is 0. The fraction of sp³-hybridized carbons (Fsp3) is 0.0435. The normalized spacial score (nSPS) is 11.6. The fourth-order valence-electron chi connectivity index (χ4n) is 3.54. The van der Waals surface area contributed by atoms with Gasteiger partial charge in [0.15, 0.2) is 0 Å². The third-order valence-electron chi connectivity index (χ3n) is 5.08. The maximum absolute atomic E-state index is 3.86. The first-order chi connectivity index (χ1) is 13.9. The SMILES string of the molecule is Cc1c(Br)c(-c2cc3sccc3cc2Br)cc(-c2cc3sccc3cc2Br)c1Br. The minimum absolute atomic E-state index is 1.10. The predicted octanol–water partition coefficient (Wildman–Crippen LogP) is 10.8. The van der Waals surface area contributed by atoms with Gasteiger partial charge in [0.05, 0.1) is 0 Å². The smallest absolute Gasteiger partial charge is 0.0349 e. The summed E-state index contributed by atoms with van der Waals surface area (Å²) in [7, 11) is 0. The predicted molar refractivity (Wildman–Crippen MR) is 144 cm³/mol. The van der Waals surface area contributed by atoms with Crippen LogP contribution in [0.4, 0.5) is 0 Å². The summed E-state index contributed by atoms with van der Waals surface area (Å²) in [5.41, 5.74) is 5.94. The lowest BCUT2D eigenvalue weighted by Crippen LogP contribution is -1.92. The van der Waals surface area contributed by atoms with E-state index in [4.69, 9.17) is 0 Å². The average Bonchev–Trinajstić information content (AvgIpc) is 3.34. The lowest BCUT2D eigenvalue weighted by molar-refractivity contribution is 1.39. The molecule has 0 saturated carbocycles. The monoisotopic (exact) mass is 668 g/mol. The van der Waals surface area contributed by atoms with Gasteiger partial charge in [0.1, 0.15) is 0 Å². The highest BCUT2D eigenvalue weighted by molar-refractivity contribution is 9.11. The van der Waals surface area contributed by atoms with Crippen LogP contribution in [0.5, 0.6) is 0 Å². The highest BCUT2D eigenvalue weighted by Gasteiger charge is 2.19. The van der Waals surface area contributed by atoms with Crippen LogP contribution < -0.4 is 0 Å². The van der Waals surface area contributed by atoms with Crippen molar-refractivity contribution < 1.29 is 0 Å². The topological polar surface area (TPSA) is 0 Å². The molecule has 6 heteroatoms. The van der Waals surface area contributed by atoms with Crippen LogP contribution in [-0.4, -0.2) is 0 Å². The van der Waals surface area contributed by atoms with Crippen LogP contribution in [0.3, 0.4) is 0 Å². The Labute approximate surface area is 210 Å². The van der Waals surface area contributed by atoms with Crippen molar-refractivity contribution in [2.24, 2.45) is 0 Å². The molecule has 144 valence electrons. The molecule has 0 aliphatic rings. The van der Waals surface area contributed by atoms with Gasteiger partial charge in [-0.3, -0.25) is 0 Å². The molecule has 2 aromatic heterocycles. The summed E-state index contributed by atoms with van der Waals surface area (Å²) in [5, 5.41) is 6.81. The molecular formula is C23H12Br4S2. The van der Waals surface area contributed by atoms with Gasteiger partial charge >= 0.3 is 0 Å². The van der Waals surface area contributed by atoms with Crippen molar-refractivity contribution in [3.8, 4) is 22.3 Å². The van der Waals surface area contributed by atoms with E-state index < -0.39 is 0 Å². The standard InChI is InChI=1S/C23H12Br4S2/c1-11-22(26)16(14-9-20-12(2-4-28-20)6-18(14)24)8-17(23(11)27)15-10-21-13(3-5-29-21)7-19(15)25/h2-10H,1H3. The molecule has 2 heterocycles. The van der Waals surface area contributed by atoms with E-state index in [9.17, 15) is 0 Å². The molecule has 0 amide bonds. The van der Waals surface area contributed by atoms with Crippen LogP contribution >= 0.6 is 86.4 Å². The van der Waals surface area contributed by atoms with Gasteiger partial charge in [-0.2, -0.15) is 0 Å². The summed E-state index contributed by atoms with van der Waals surface area (Å²) in [4.78, 5) is 0. The van der Waals surface area contributed by atoms with E-state index in [0.29, 0.717) is 0 Å². The van der Waals surface area contributed by atoms with Gasteiger partial charge in [-0.05, 0) is 131 Å². The Hall–Kier alpha value is -0.500. The van der Waals surface area contributed by atoms with Crippen molar-refractivity contribution in [3.63, 3.8) is 0 Å². The summed E-state index contributed by atoms with van der Waals surface area (Å²) in [5.74, 6) is 0. The van der Waals surface area contributed by atoms with Crippen LogP contribution in [-0.2, 0) is 0 Å². The second kappa shape index (κ2) is 7.88. The van der Waals surface area contributed by atoms with Gasteiger partial charge in [0, 0.05) is 27.3 Å². The lowest BCUT2D eigenvalue weighted by atomic mass is 9.96. The molecule has 0 spiro atoms. The van der Waals surface area contributed by atoms with Crippen LogP contribution in [0.25, 0.3) is 42.4 Å². The fourth-order valence-corrected chi connectivity index (χ4v) is 7.63. The summed E-state index contributed by atoms with van der Waals surface area (Å²) < 4.78 is 7.00. The number of hydrogen-bond acceptors (Lipinski definition) is 2. The molecule has 29 heavy (non-hydrogen) atoms. The molecule has 0 nitrogen and oxygen atoms in total. The highest BCUT2D eigenvalue weighted by Crippen LogP contribution is 2.46. The van der Waals surface area contributed by atoms with E-state index in [2.05, 4.69) is 124 Å². The molecule has 0 bridgehead atoms. The van der Waals surface area contributed by atoms with Crippen LogP contribution in [0.1, 0.15) is 5.56 Å². The third kappa shape index (κ3) is 3.50. The Morgan fingerprint density at radius 3 is 1.48 bits per heavy atom. The molecule has 0 unspecified atom stereocenters. The number of benzene rings is 3. The van der Waals surface area contributed by atoms with Gasteiger partial charge in [0.2, 0.25) is 0 Å². The molecule has 0 aliphatic carbocycles. The number of thiophene rings is 2. The summed E-state index contributed by atoms with van der Waals surface area (Å²) >= 11 is 18.9. The second-order valence-corrected chi connectivity index (χ2v) is 12.0. The molecule has 0 radical (unpaired) electrons. The van der Waals surface area contributed by atoms with Crippen LogP contribution in [0, 0.1) is 6.92 Å². The molecule has 0 atom stereocenters. The van der Waals surface area contributed by atoms with Crippen molar-refractivity contribution in [1.29, 1.82) is 0 Å². The van der Waals surface area contributed by atoms with Gasteiger partial charge in [0.25, 0.3) is 0 Å². The van der Waals surface area contributed by atoms with E-state index >= 15 is 0 Å². The Morgan fingerprint density at radius 2 is 1.03 bits per heavy atom. The van der Waals surface area contributed by atoms with E-state index in [1.165, 1.54) is 48.0 Å².